The third kappa shape index (κ3) is 1.67. The van der Waals surface area contributed by atoms with E-state index in [4.69, 9.17) is 74.7 Å². The molecule has 2 bridgehead atoms. The molecule has 0 aliphatic heterocycles. The first-order valence-corrected chi connectivity index (χ1v) is 7.38. The van der Waals surface area contributed by atoms with Gasteiger partial charge in [-0.1, -0.05) is 52.3 Å². The Bertz CT molecular complexity index is 476. The fourth-order valence-corrected chi connectivity index (χ4v) is 5.34. The van der Waals surface area contributed by atoms with Gasteiger partial charge in [-0.05, 0) is 12.3 Å². The molecular weight excluding hydrogens is 361 g/mol. The molecule has 0 amide bonds. The summed E-state index contributed by atoms with van der Waals surface area (Å²) in [6.45, 7) is -0.217. The summed E-state index contributed by atoms with van der Waals surface area (Å²) in [7, 11) is 0. The van der Waals surface area contributed by atoms with Crippen molar-refractivity contribution in [3.63, 3.8) is 0 Å². The van der Waals surface area contributed by atoms with Gasteiger partial charge in [-0.3, -0.25) is 0 Å². The molecule has 18 heavy (non-hydrogen) atoms. The van der Waals surface area contributed by atoms with Gasteiger partial charge in [0.2, 0.25) is 0 Å². The van der Waals surface area contributed by atoms with Gasteiger partial charge in [-0.25, -0.2) is 0 Å². The summed E-state index contributed by atoms with van der Waals surface area (Å²) in [6, 6.07) is 0. The van der Waals surface area contributed by atoms with E-state index in [1.54, 1.807) is 0 Å². The number of hydrogen-bond acceptors (Lipinski definition) is 1. The second-order valence-corrected chi connectivity index (χ2v) is 7.66. The van der Waals surface area contributed by atoms with Gasteiger partial charge in [0.15, 0.2) is 4.33 Å². The number of aliphatic hydroxyl groups excluding tert-OH is 1. The van der Waals surface area contributed by atoms with Crippen molar-refractivity contribution in [1.29, 1.82) is 0 Å². The molecular formula is C11H8Cl6O. The lowest BCUT2D eigenvalue weighted by molar-refractivity contribution is 0.350. The van der Waals surface area contributed by atoms with Gasteiger partial charge in [0.1, 0.15) is 16.4 Å². The van der Waals surface area contributed by atoms with Crippen LogP contribution in [0, 0.1) is 17.8 Å². The second kappa shape index (κ2) is 4.78. The molecule has 2 rings (SSSR count). The van der Waals surface area contributed by atoms with E-state index in [9.17, 15) is 0 Å². The van der Waals surface area contributed by atoms with Gasteiger partial charge < -0.3 is 5.11 Å². The fourth-order valence-electron chi connectivity index (χ4n) is 2.50. The number of fused-ring (bicyclic) bond motifs is 2. The van der Waals surface area contributed by atoms with Crippen molar-refractivity contribution in [3.8, 4) is 11.8 Å². The van der Waals surface area contributed by atoms with E-state index in [0.29, 0.717) is 12.8 Å². The highest BCUT2D eigenvalue weighted by molar-refractivity contribution is 6.65. The van der Waals surface area contributed by atoms with Crippen LogP contribution in [0.25, 0.3) is 0 Å². The van der Waals surface area contributed by atoms with E-state index in [2.05, 4.69) is 11.8 Å². The molecule has 1 N–H and O–H groups in total. The van der Waals surface area contributed by atoms with Crippen LogP contribution in [-0.2, 0) is 0 Å². The van der Waals surface area contributed by atoms with Gasteiger partial charge in [-0.15, -0.1) is 29.1 Å². The topological polar surface area (TPSA) is 20.2 Å². The summed E-state index contributed by atoms with van der Waals surface area (Å²) < 4.78 is -1.48. The molecule has 3 unspecified atom stereocenters. The van der Waals surface area contributed by atoms with Crippen LogP contribution in [0.4, 0.5) is 0 Å². The molecule has 0 heterocycles. The van der Waals surface area contributed by atoms with Crippen LogP contribution < -0.4 is 0 Å². The van der Waals surface area contributed by atoms with Gasteiger partial charge in [0.05, 0.1) is 10.1 Å². The molecule has 1 fully saturated rings. The fraction of sp³-hybridized carbons (Fsp3) is 0.636. The lowest BCUT2D eigenvalue weighted by Gasteiger charge is -2.33. The van der Waals surface area contributed by atoms with Crippen molar-refractivity contribution in [2.24, 2.45) is 5.92 Å². The van der Waals surface area contributed by atoms with Crippen molar-refractivity contribution < 1.29 is 5.11 Å². The summed E-state index contributed by atoms with van der Waals surface area (Å²) in [5.74, 6) is 5.11. The molecule has 0 radical (unpaired) electrons. The Hall–Kier alpha value is 1.00. The van der Waals surface area contributed by atoms with Crippen molar-refractivity contribution >= 4 is 69.6 Å². The normalized spacial score (nSPS) is 40.9. The number of halogens is 6. The Kier molecular flexibility index (Phi) is 4.08. The quantitative estimate of drug-likeness (QED) is 0.542. The zero-order valence-corrected chi connectivity index (χ0v) is 13.4. The van der Waals surface area contributed by atoms with E-state index in [1.165, 1.54) is 0 Å². The number of allylic oxidation sites excluding steroid dienone is 2. The third-order valence-corrected chi connectivity index (χ3v) is 7.78. The van der Waals surface area contributed by atoms with Crippen LogP contribution in [0.15, 0.2) is 10.1 Å². The summed E-state index contributed by atoms with van der Waals surface area (Å²) in [5, 5.41) is 9.04. The smallest absolute Gasteiger partial charge is 0.166 e. The molecule has 0 spiro atoms. The molecule has 0 aromatic rings. The van der Waals surface area contributed by atoms with Gasteiger partial charge in [0, 0.05) is 6.42 Å². The first-order chi connectivity index (χ1) is 8.23. The first-order valence-electron chi connectivity index (χ1n) is 5.12. The first kappa shape index (κ1) is 15.4. The van der Waals surface area contributed by atoms with Crippen LogP contribution in [-0.4, -0.2) is 25.8 Å². The van der Waals surface area contributed by atoms with Crippen LogP contribution >= 0.6 is 69.6 Å². The predicted octanol–water partition coefficient (Wildman–Crippen LogP) is 4.22. The maximum absolute atomic E-state index is 8.64. The molecule has 0 aromatic carbocycles. The minimum Gasteiger partial charge on any atom is -0.384 e. The molecule has 3 atom stereocenters. The van der Waals surface area contributed by atoms with Gasteiger partial charge >= 0.3 is 0 Å². The largest absolute Gasteiger partial charge is 0.384 e. The molecule has 0 saturated heterocycles. The van der Waals surface area contributed by atoms with E-state index in [0.717, 1.165) is 0 Å². The third-order valence-electron chi connectivity index (χ3n) is 3.46. The standard InChI is InChI=1S/C11H8Cl6O/c12-7-8(13)10(15)6(3-1-2-4-18)5-9(7,14)11(10,16)17/h6,18H,3-5H2. The zero-order chi connectivity index (χ0) is 13.8. The highest BCUT2D eigenvalue weighted by Gasteiger charge is 2.77. The summed E-state index contributed by atoms with van der Waals surface area (Å²) in [5.41, 5.74) is 0. The number of aliphatic hydroxyl groups is 1. The maximum Gasteiger partial charge on any atom is 0.166 e. The monoisotopic (exact) mass is 366 g/mol. The maximum atomic E-state index is 8.64. The van der Waals surface area contributed by atoms with Crippen molar-refractivity contribution in [3.05, 3.63) is 10.1 Å². The number of rotatable bonds is 1. The lowest BCUT2D eigenvalue weighted by Crippen LogP contribution is -2.44. The molecule has 2 aliphatic carbocycles. The van der Waals surface area contributed by atoms with Crippen LogP contribution in [0.5, 0.6) is 0 Å². The van der Waals surface area contributed by atoms with Gasteiger partial charge in [0.25, 0.3) is 0 Å². The average molecular weight is 369 g/mol. The molecule has 0 aromatic heterocycles. The summed E-state index contributed by atoms with van der Waals surface area (Å²) in [6.07, 6.45) is 0.778. The number of hydrogen-bond donors (Lipinski definition) is 1. The van der Waals surface area contributed by atoms with E-state index < -0.39 is 14.1 Å². The Labute approximate surface area is 135 Å². The molecule has 1 nitrogen and oxygen atoms in total. The van der Waals surface area contributed by atoms with E-state index in [1.807, 2.05) is 0 Å². The molecule has 1 saturated carbocycles. The Morgan fingerprint density at radius 2 is 1.72 bits per heavy atom. The Morgan fingerprint density at radius 3 is 2.17 bits per heavy atom. The minimum absolute atomic E-state index is 0.188. The molecule has 100 valence electrons. The number of alkyl halides is 4. The van der Waals surface area contributed by atoms with Crippen LogP contribution in [0.3, 0.4) is 0 Å². The second-order valence-electron chi connectivity index (χ2n) is 4.33. The summed E-state index contributed by atoms with van der Waals surface area (Å²) in [4.78, 5) is -2.41. The highest BCUT2D eigenvalue weighted by Crippen LogP contribution is 2.74. The minimum atomic E-state index is -1.48. The average Bonchev–Trinajstić information content (AvgIpc) is 2.52. The van der Waals surface area contributed by atoms with Crippen molar-refractivity contribution in [2.75, 3.05) is 6.61 Å². The lowest BCUT2D eigenvalue weighted by atomic mass is 9.89. The summed E-state index contributed by atoms with van der Waals surface area (Å²) >= 11 is 37.8. The molecule has 2 aliphatic rings. The van der Waals surface area contributed by atoms with Crippen LogP contribution in [0.1, 0.15) is 12.8 Å². The van der Waals surface area contributed by atoms with Crippen molar-refractivity contribution in [1.82, 2.24) is 0 Å². The van der Waals surface area contributed by atoms with Gasteiger partial charge in [-0.2, -0.15) is 0 Å². The highest BCUT2D eigenvalue weighted by atomic mass is 35.5. The van der Waals surface area contributed by atoms with E-state index >= 15 is 0 Å². The Balaban J connectivity index is 2.43. The SMILES string of the molecule is OCC#CCC1CC2(Cl)C(Cl)=C(Cl)C1(Cl)C2(Cl)Cl. The predicted molar refractivity (Wildman–Crippen MR) is 77.9 cm³/mol. The zero-order valence-electron chi connectivity index (χ0n) is 8.91. The molecule has 7 heteroatoms. The van der Waals surface area contributed by atoms with E-state index in [-0.39, 0.29) is 22.6 Å². The van der Waals surface area contributed by atoms with Crippen LogP contribution in [0.2, 0.25) is 0 Å². The Morgan fingerprint density at radius 1 is 1.11 bits per heavy atom. The van der Waals surface area contributed by atoms with Crippen molar-refractivity contribution in [2.45, 2.75) is 26.9 Å².